The maximum atomic E-state index is 9.96. The van der Waals surface area contributed by atoms with Crippen LogP contribution in [0.4, 0.5) is 29.0 Å². The first kappa shape index (κ1) is 24.0. The Kier molecular flexibility index (Phi) is 8.10. The summed E-state index contributed by atoms with van der Waals surface area (Å²) < 4.78 is 10.5. The van der Waals surface area contributed by atoms with Crippen molar-refractivity contribution in [3.05, 3.63) is 78.7 Å². The van der Waals surface area contributed by atoms with Crippen LogP contribution in [0.1, 0.15) is 5.56 Å². The van der Waals surface area contributed by atoms with Gasteiger partial charge >= 0.3 is 0 Å². The third kappa shape index (κ3) is 7.42. The predicted octanol–water partition coefficient (Wildman–Crippen LogP) is 3.87. The van der Waals surface area contributed by atoms with Crippen LogP contribution >= 0.6 is 0 Å². The zero-order valence-electron chi connectivity index (χ0n) is 19.7. The fraction of sp³-hybridized carbons (Fsp3) is 0.240. The van der Waals surface area contributed by atoms with E-state index in [0.29, 0.717) is 36.4 Å². The van der Waals surface area contributed by atoms with Crippen LogP contribution in [0, 0.1) is 0 Å². The summed E-state index contributed by atoms with van der Waals surface area (Å²) >= 11 is 0. The Morgan fingerprint density at radius 2 is 1.77 bits per heavy atom. The molecule has 35 heavy (non-hydrogen) atoms. The van der Waals surface area contributed by atoms with Crippen LogP contribution in [0.3, 0.4) is 0 Å². The summed E-state index contributed by atoms with van der Waals surface area (Å²) in [5, 5.41) is 23.6. The number of benzene rings is 2. The highest BCUT2D eigenvalue weighted by Gasteiger charge is 2.10. The number of rotatable bonds is 12. The Bertz CT molecular complexity index is 1170. The van der Waals surface area contributed by atoms with Gasteiger partial charge in [0.05, 0.1) is 0 Å². The van der Waals surface area contributed by atoms with Gasteiger partial charge in [0, 0.05) is 42.3 Å². The molecule has 4 rings (SSSR count). The maximum absolute atomic E-state index is 9.96. The van der Waals surface area contributed by atoms with Crippen LogP contribution in [0.2, 0.25) is 0 Å². The van der Waals surface area contributed by atoms with Gasteiger partial charge in [0.25, 0.3) is 0 Å². The first-order valence-corrected chi connectivity index (χ1v) is 11.2. The van der Waals surface area contributed by atoms with Gasteiger partial charge in [-0.1, -0.05) is 23.4 Å². The van der Waals surface area contributed by atoms with Gasteiger partial charge in [0.2, 0.25) is 5.95 Å². The molecule has 0 amide bonds. The summed E-state index contributed by atoms with van der Waals surface area (Å²) in [6.45, 7) is 1.24. The summed E-state index contributed by atoms with van der Waals surface area (Å²) in [7, 11) is 3.82. The number of nitrogens with zero attached hydrogens (tertiary/aromatic N) is 4. The number of aromatic nitrogens is 3. The first-order chi connectivity index (χ1) is 17.0. The Hall–Kier alpha value is -4.15. The van der Waals surface area contributed by atoms with Gasteiger partial charge in [0.15, 0.2) is 5.82 Å². The maximum Gasteiger partial charge on any atom is 0.229 e. The van der Waals surface area contributed by atoms with Gasteiger partial charge in [-0.2, -0.15) is 4.98 Å². The lowest BCUT2D eigenvalue weighted by Gasteiger charge is -2.16. The predicted molar refractivity (Wildman–Crippen MR) is 135 cm³/mol. The molecule has 4 aromatic rings. The van der Waals surface area contributed by atoms with E-state index in [1.54, 1.807) is 12.3 Å². The third-order valence-electron chi connectivity index (χ3n) is 4.93. The normalized spacial score (nSPS) is 11.8. The molecule has 0 radical (unpaired) electrons. The average Bonchev–Trinajstić information content (AvgIpc) is 3.37. The topological polar surface area (TPSA) is 121 Å². The number of nitrogens with one attached hydrogen (secondary N) is 3. The van der Waals surface area contributed by atoms with Crippen LogP contribution < -0.4 is 20.7 Å². The van der Waals surface area contributed by atoms with Crippen molar-refractivity contribution in [3.63, 3.8) is 0 Å². The molecule has 0 aliphatic carbocycles. The lowest BCUT2D eigenvalue weighted by atomic mass is 10.2. The molecule has 1 atom stereocenters. The second-order valence-corrected chi connectivity index (χ2v) is 8.17. The molecule has 0 spiro atoms. The molecular weight excluding hydrogens is 446 g/mol. The van der Waals surface area contributed by atoms with Gasteiger partial charge in [-0.15, -0.1) is 0 Å². The number of ether oxygens (including phenoxy) is 1. The van der Waals surface area contributed by atoms with Gasteiger partial charge < -0.3 is 35.2 Å². The number of para-hydroxylation sites is 1. The van der Waals surface area contributed by atoms with Crippen molar-refractivity contribution < 1.29 is 14.4 Å². The molecule has 0 aliphatic heterocycles. The van der Waals surface area contributed by atoms with Crippen molar-refractivity contribution in [3.8, 4) is 5.75 Å². The van der Waals surface area contributed by atoms with E-state index in [1.165, 1.54) is 6.26 Å². The fourth-order valence-corrected chi connectivity index (χ4v) is 3.28. The largest absolute Gasteiger partial charge is 0.491 e. The van der Waals surface area contributed by atoms with E-state index < -0.39 is 6.10 Å². The SMILES string of the molecule is CN(C)CC(O)COc1ccc(Nc2ncc(CNc3ccon3)c(Nc3ccccc3)n2)cc1. The van der Waals surface area contributed by atoms with Crippen LogP contribution in [0.25, 0.3) is 0 Å². The standard InChI is InChI=1S/C25H29N7O3/c1-32(2)16-21(33)17-34-22-10-8-20(9-11-22)29-25-27-15-18(14-26-23-12-13-35-31-23)24(30-25)28-19-6-4-3-5-7-19/h3-13,15,21,33H,14,16-17H2,1-2H3,(H,26,31)(H2,27,28,29,30). The van der Waals surface area contributed by atoms with Crippen molar-refractivity contribution in [1.82, 2.24) is 20.0 Å². The molecule has 182 valence electrons. The molecule has 2 aromatic carbocycles. The van der Waals surface area contributed by atoms with E-state index in [-0.39, 0.29) is 6.61 Å². The Balaban J connectivity index is 1.43. The van der Waals surface area contributed by atoms with Gasteiger partial charge in [-0.3, -0.25) is 0 Å². The molecule has 4 N–H and O–H groups in total. The van der Waals surface area contributed by atoms with Crippen molar-refractivity contribution >= 4 is 29.0 Å². The van der Waals surface area contributed by atoms with Crippen molar-refractivity contribution in [1.29, 1.82) is 0 Å². The van der Waals surface area contributed by atoms with Crippen molar-refractivity contribution in [2.24, 2.45) is 0 Å². The highest BCUT2D eigenvalue weighted by Crippen LogP contribution is 2.23. The van der Waals surface area contributed by atoms with Crippen LogP contribution in [-0.2, 0) is 6.54 Å². The minimum atomic E-state index is -0.552. The number of aliphatic hydroxyl groups is 1. The molecule has 10 heteroatoms. The monoisotopic (exact) mass is 475 g/mol. The van der Waals surface area contributed by atoms with E-state index in [0.717, 1.165) is 16.9 Å². The molecule has 2 heterocycles. The molecule has 10 nitrogen and oxygen atoms in total. The summed E-state index contributed by atoms with van der Waals surface area (Å²) in [5.41, 5.74) is 2.59. The van der Waals surface area contributed by atoms with Crippen LogP contribution in [-0.4, -0.2) is 58.5 Å². The quantitative estimate of drug-likeness (QED) is 0.240. The molecule has 0 bridgehead atoms. The minimum absolute atomic E-state index is 0.229. The number of aliphatic hydroxyl groups excluding tert-OH is 1. The number of anilines is 5. The molecule has 2 aromatic heterocycles. The average molecular weight is 476 g/mol. The fourth-order valence-electron chi connectivity index (χ4n) is 3.28. The summed E-state index contributed by atoms with van der Waals surface area (Å²) in [6, 6.07) is 19.0. The second-order valence-electron chi connectivity index (χ2n) is 8.17. The third-order valence-corrected chi connectivity index (χ3v) is 4.93. The Labute approximate surface area is 204 Å². The smallest absolute Gasteiger partial charge is 0.229 e. The van der Waals surface area contributed by atoms with E-state index in [1.807, 2.05) is 73.6 Å². The van der Waals surface area contributed by atoms with E-state index in [4.69, 9.17) is 9.26 Å². The molecule has 1 unspecified atom stereocenters. The molecule has 0 aliphatic rings. The van der Waals surface area contributed by atoms with Gasteiger partial charge in [0.1, 0.15) is 30.5 Å². The molecule has 0 saturated heterocycles. The molecule has 0 fully saturated rings. The van der Waals surface area contributed by atoms with E-state index >= 15 is 0 Å². The number of likely N-dealkylation sites (N-methyl/N-ethyl adjacent to an activating group) is 1. The van der Waals surface area contributed by atoms with Gasteiger partial charge in [-0.25, -0.2) is 4.98 Å². The highest BCUT2D eigenvalue weighted by atomic mass is 16.5. The lowest BCUT2D eigenvalue weighted by Crippen LogP contribution is -2.30. The summed E-state index contributed by atoms with van der Waals surface area (Å²) in [6.07, 6.45) is 2.72. The molecular formula is C25H29N7O3. The first-order valence-electron chi connectivity index (χ1n) is 11.2. The van der Waals surface area contributed by atoms with E-state index in [2.05, 4.69) is 31.1 Å². The Morgan fingerprint density at radius 3 is 2.49 bits per heavy atom. The minimum Gasteiger partial charge on any atom is -0.491 e. The second kappa shape index (κ2) is 11.8. The van der Waals surface area contributed by atoms with Crippen molar-refractivity contribution in [2.75, 3.05) is 43.2 Å². The number of hydrogen-bond acceptors (Lipinski definition) is 10. The van der Waals surface area contributed by atoms with Crippen LogP contribution in [0.5, 0.6) is 5.75 Å². The Morgan fingerprint density at radius 1 is 1.00 bits per heavy atom. The number of hydrogen-bond donors (Lipinski definition) is 4. The van der Waals surface area contributed by atoms with Crippen molar-refractivity contribution in [2.45, 2.75) is 12.6 Å². The van der Waals surface area contributed by atoms with Crippen LogP contribution in [0.15, 0.2) is 77.6 Å². The van der Waals surface area contributed by atoms with E-state index in [9.17, 15) is 5.11 Å². The zero-order chi connectivity index (χ0) is 24.5. The van der Waals surface area contributed by atoms with Gasteiger partial charge in [-0.05, 0) is 50.5 Å². The molecule has 0 saturated carbocycles. The lowest BCUT2D eigenvalue weighted by molar-refractivity contribution is 0.0831. The highest BCUT2D eigenvalue weighted by molar-refractivity contribution is 5.62. The summed E-state index contributed by atoms with van der Waals surface area (Å²) in [5.74, 6) is 2.42. The zero-order valence-corrected chi connectivity index (χ0v) is 19.7. The summed E-state index contributed by atoms with van der Waals surface area (Å²) in [4.78, 5) is 11.1.